The lowest BCUT2D eigenvalue weighted by Crippen LogP contribution is -2.43. The first-order valence-electron chi connectivity index (χ1n) is 11.8. The average molecular weight is 465 g/mol. The van der Waals surface area contributed by atoms with Crippen LogP contribution in [0.4, 0.5) is 5.69 Å². The van der Waals surface area contributed by atoms with Gasteiger partial charge in [0.2, 0.25) is 0 Å². The molecule has 7 nitrogen and oxygen atoms in total. The van der Waals surface area contributed by atoms with Gasteiger partial charge in [-0.25, -0.2) is 4.98 Å². The van der Waals surface area contributed by atoms with Gasteiger partial charge in [-0.15, -0.1) is 0 Å². The maximum Gasteiger partial charge on any atom is 0.255 e. The Morgan fingerprint density at radius 3 is 2.74 bits per heavy atom. The van der Waals surface area contributed by atoms with Crippen LogP contribution in [0.5, 0.6) is 0 Å². The molecule has 7 heteroatoms. The summed E-state index contributed by atoms with van der Waals surface area (Å²) in [5.41, 5.74) is 6.12. The predicted octanol–water partition coefficient (Wildman–Crippen LogP) is 3.44. The largest absolute Gasteiger partial charge is 0.322 e. The Morgan fingerprint density at radius 1 is 1.06 bits per heavy atom. The van der Waals surface area contributed by atoms with Gasteiger partial charge in [0.05, 0.1) is 12.4 Å². The molecule has 0 saturated carbocycles. The number of nitrogens with zero attached hydrogens (tertiary/aromatic N) is 5. The molecule has 0 unspecified atom stereocenters. The number of rotatable bonds is 4. The van der Waals surface area contributed by atoms with Gasteiger partial charge in [-0.05, 0) is 61.4 Å². The smallest absolute Gasteiger partial charge is 0.255 e. The van der Waals surface area contributed by atoms with Gasteiger partial charge in [0, 0.05) is 61.9 Å². The fourth-order valence-electron chi connectivity index (χ4n) is 4.21. The molecule has 35 heavy (non-hydrogen) atoms. The summed E-state index contributed by atoms with van der Waals surface area (Å²) in [5.74, 6) is 6.18. The van der Waals surface area contributed by atoms with Crippen molar-refractivity contribution in [2.45, 2.75) is 13.5 Å². The highest BCUT2D eigenvalue weighted by molar-refractivity contribution is 6.04. The second-order valence-corrected chi connectivity index (χ2v) is 8.95. The van der Waals surface area contributed by atoms with E-state index in [-0.39, 0.29) is 5.91 Å². The van der Waals surface area contributed by atoms with E-state index < -0.39 is 0 Å². The number of carbonyl (C=O) groups excluding carboxylic acids is 1. The maximum atomic E-state index is 12.9. The fraction of sp³-hybridized carbons (Fsp3) is 0.250. The number of carbonyl (C=O) groups is 1. The summed E-state index contributed by atoms with van der Waals surface area (Å²) >= 11 is 0. The molecule has 1 N–H and O–H groups in total. The van der Waals surface area contributed by atoms with Crippen molar-refractivity contribution < 1.29 is 4.79 Å². The topological polar surface area (TPSA) is 65.8 Å². The molecule has 0 aliphatic carbocycles. The Kier molecular flexibility index (Phi) is 6.57. The van der Waals surface area contributed by atoms with Crippen molar-refractivity contribution in [3.05, 3.63) is 95.2 Å². The molecule has 0 atom stereocenters. The van der Waals surface area contributed by atoms with Crippen LogP contribution < -0.4 is 5.32 Å². The molecule has 1 amide bonds. The van der Waals surface area contributed by atoms with Crippen LogP contribution in [0.2, 0.25) is 0 Å². The second kappa shape index (κ2) is 10.1. The molecular weight excluding hydrogens is 436 g/mol. The van der Waals surface area contributed by atoms with Crippen molar-refractivity contribution >= 4 is 17.2 Å². The molecule has 1 aliphatic rings. The zero-order valence-electron chi connectivity index (χ0n) is 20.0. The van der Waals surface area contributed by atoms with Crippen LogP contribution in [-0.2, 0) is 6.54 Å². The number of nitrogens with one attached hydrogen (secondary N) is 1. The van der Waals surface area contributed by atoms with Crippen LogP contribution in [0.25, 0.3) is 5.65 Å². The first-order chi connectivity index (χ1) is 17.0. The lowest BCUT2D eigenvalue weighted by Gasteiger charge is -2.32. The molecule has 1 aliphatic heterocycles. The number of amides is 1. The van der Waals surface area contributed by atoms with Gasteiger partial charge in [-0.2, -0.15) is 0 Å². The number of aromatic nitrogens is 3. The standard InChI is InChI=1S/C28H28N6O/c1-21-16-23(7-8-24(21)20-33-14-12-32(2)13-15-33)28(35)31-25-5-3-4-22(17-25)6-9-26-18-30-27-19-29-10-11-34(26)27/h3-5,7-8,10-11,16-19H,12-15,20H2,1-2H3,(H,31,35). The van der Waals surface area contributed by atoms with Crippen molar-refractivity contribution in [2.75, 3.05) is 38.5 Å². The van der Waals surface area contributed by atoms with Crippen molar-refractivity contribution in [1.29, 1.82) is 0 Å². The van der Waals surface area contributed by atoms with Gasteiger partial charge in [0.1, 0.15) is 5.69 Å². The van der Waals surface area contributed by atoms with E-state index in [0.29, 0.717) is 11.3 Å². The molecule has 3 heterocycles. The third-order valence-electron chi connectivity index (χ3n) is 6.37. The van der Waals surface area contributed by atoms with Gasteiger partial charge < -0.3 is 10.2 Å². The summed E-state index contributed by atoms with van der Waals surface area (Å²) in [6.07, 6.45) is 6.96. The molecule has 0 bridgehead atoms. The third-order valence-corrected chi connectivity index (χ3v) is 6.37. The first-order valence-corrected chi connectivity index (χ1v) is 11.8. The van der Waals surface area contributed by atoms with Crippen molar-refractivity contribution in [2.24, 2.45) is 0 Å². The van der Waals surface area contributed by atoms with Crippen LogP contribution in [0.1, 0.15) is 32.7 Å². The van der Waals surface area contributed by atoms with Gasteiger partial charge in [-0.1, -0.05) is 18.1 Å². The number of aryl methyl sites for hydroxylation is 1. The first kappa shape index (κ1) is 22.8. The van der Waals surface area contributed by atoms with Crippen molar-refractivity contribution in [3.63, 3.8) is 0 Å². The summed E-state index contributed by atoms with van der Waals surface area (Å²) in [4.78, 5) is 26.1. The number of benzene rings is 2. The molecule has 1 saturated heterocycles. The van der Waals surface area contributed by atoms with Crippen LogP contribution >= 0.6 is 0 Å². The Labute approximate surface area is 205 Å². The van der Waals surface area contributed by atoms with Crippen LogP contribution in [0.15, 0.2) is 67.3 Å². The van der Waals surface area contributed by atoms with Gasteiger partial charge in [0.25, 0.3) is 5.91 Å². The fourth-order valence-corrected chi connectivity index (χ4v) is 4.21. The molecular formula is C28H28N6O. The van der Waals surface area contributed by atoms with E-state index in [1.165, 1.54) is 5.56 Å². The summed E-state index contributed by atoms with van der Waals surface area (Å²) in [6.45, 7) is 7.34. The molecule has 4 aromatic rings. The number of imidazole rings is 1. The zero-order valence-corrected chi connectivity index (χ0v) is 20.0. The van der Waals surface area contributed by atoms with Crippen LogP contribution in [0, 0.1) is 18.8 Å². The summed E-state index contributed by atoms with van der Waals surface area (Å²) in [5, 5.41) is 3.01. The SMILES string of the molecule is Cc1cc(C(=O)Nc2cccc(C#Cc3cnc4cnccn34)c2)ccc1CN1CCN(C)CC1. The highest BCUT2D eigenvalue weighted by atomic mass is 16.1. The summed E-state index contributed by atoms with van der Waals surface area (Å²) in [6, 6.07) is 13.5. The molecule has 0 spiro atoms. The number of hydrogen-bond donors (Lipinski definition) is 1. The Hall–Kier alpha value is -3.99. The number of fused-ring (bicyclic) bond motifs is 1. The highest BCUT2D eigenvalue weighted by Crippen LogP contribution is 2.17. The summed E-state index contributed by atoms with van der Waals surface area (Å²) in [7, 11) is 2.16. The van der Waals surface area contributed by atoms with E-state index in [4.69, 9.17) is 0 Å². The van der Waals surface area contributed by atoms with Gasteiger partial charge in [0.15, 0.2) is 5.65 Å². The minimum atomic E-state index is -0.126. The van der Waals surface area contributed by atoms with E-state index in [2.05, 4.69) is 57.0 Å². The monoisotopic (exact) mass is 464 g/mol. The van der Waals surface area contributed by atoms with Crippen LogP contribution in [0.3, 0.4) is 0 Å². The quantitative estimate of drug-likeness (QED) is 0.469. The van der Waals surface area contributed by atoms with Gasteiger partial charge >= 0.3 is 0 Å². The molecule has 5 rings (SSSR count). The summed E-state index contributed by atoms with van der Waals surface area (Å²) < 4.78 is 1.89. The number of likely N-dealkylation sites (N-methyl/N-ethyl adjacent to an activating group) is 1. The van der Waals surface area contributed by atoms with Crippen molar-refractivity contribution in [3.8, 4) is 11.8 Å². The molecule has 2 aromatic carbocycles. The minimum Gasteiger partial charge on any atom is -0.322 e. The lowest BCUT2D eigenvalue weighted by molar-refractivity contribution is 0.102. The maximum absolute atomic E-state index is 12.9. The van der Waals surface area contributed by atoms with E-state index in [9.17, 15) is 4.79 Å². The normalized spacial score (nSPS) is 14.5. The van der Waals surface area contributed by atoms with Gasteiger partial charge in [-0.3, -0.25) is 19.1 Å². The lowest BCUT2D eigenvalue weighted by atomic mass is 10.0. The number of anilines is 1. The Bertz CT molecular complexity index is 1420. The zero-order chi connectivity index (χ0) is 24.2. The average Bonchev–Trinajstić information content (AvgIpc) is 3.28. The van der Waals surface area contributed by atoms with E-state index in [1.807, 2.05) is 47.0 Å². The molecule has 176 valence electrons. The number of hydrogen-bond acceptors (Lipinski definition) is 5. The van der Waals surface area contributed by atoms with Crippen LogP contribution in [-0.4, -0.2) is 63.3 Å². The molecule has 0 radical (unpaired) electrons. The van der Waals surface area contributed by atoms with Crippen molar-refractivity contribution in [1.82, 2.24) is 24.2 Å². The Morgan fingerprint density at radius 2 is 1.91 bits per heavy atom. The molecule has 2 aromatic heterocycles. The highest BCUT2D eigenvalue weighted by Gasteiger charge is 2.15. The third kappa shape index (κ3) is 5.40. The predicted molar refractivity (Wildman–Crippen MR) is 137 cm³/mol. The van der Waals surface area contributed by atoms with E-state index >= 15 is 0 Å². The molecule has 1 fully saturated rings. The Balaban J connectivity index is 1.26. The minimum absolute atomic E-state index is 0.126. The van der Waals surface area contributed by atoms with E-state index in [0.717, 1.165) is 55.2 Å². The van der Waals surface area contributed by atoms with E-state index in [1.54, 1.807) is 18.6 Å². The number of piperazine rings is 1. The second-order valence-electron chi connectivity index (χ2n) is 8.95.